The molecule has 11 heteroatoms. The topological polar surface area (TPSA) is 134 Å². The zero-order valence-electron chi connectivity index (χ0n) is 21.9. The van der Waals surface area contributed by atoms with E-state index < -0.39 is 6.10 Å². The van der Waals surface area contributed by atoms with Crippen LogP contribution in [0.2, 0.25) is 5.02 Å². The number of nitrogens with zero attached hydrogens (tertiary/aromatic N) is 3. The third-order valence-electron chi connectivity index (χ3n) is 7.85. The second-order valence-electron chi connectivity index (χ2n) is 10.4. The Morgan fingerprint density at radius 3 is 2.70 bits per heavy atom. The molecule has 2 atom stereocenters. The largest absolute Gasteiger partial charge is 0.387 e. The van der Waals surface area contributed by atoms with Crippen LogP contribution in [0.15, 0.2) is 53.5 Å². The highest BCUT2D eigenvalue weighted by atomic mass is 35.5. The van der Waals surface area contributed by atoms with Crippen LogP contribution in [0, 0.1) is 0 Å². The van der Waals surface area contributed by atoms with Gasteiger partial charge in [-0.25, -0.2) is 4.98 Å². The Labute approximate surface area is 235 Å². The summed E-state index contributed by atoms with van der Waals surface area (Å²) in [5, 5.41) is 14.3. The van der Waals surface area contributed by atoms with Crippen LogP contribution in [-0.4, -0.2) is 74.4 Å². The van der Waals surface area contributed by atoms with Crippen LogP contribution in [0.3, 0.4) is 0 Å². The van der Waals surface area contributed by atoms with Crippen LogP contribution in [0.25, 0.3) is 22.4 Å². The fourth-order valence-corrected chi connectivity index (χ4v) is 5.84. The molecule has 6 rings (SSSR count). The van der Waals surface area contributed by atoms with Gasteiger partial charge in [-0.3, -0.25) is 19.3 Å². The number of imidazole rings is 1. The number of amides is 2. The van der Waals surface area contributed by atoms with Crippen LogP contribution in [-0.2, 0) is 0 Å². The number of imide groups is 1. The zero-order valence-corrected chi connectivity index (χ0v) is 22.7. The molecule has 10 nitrogen and oxygen atoms in total. The van der Waals surface area contributed by atoms with Crippen LogP contribution >= 0.6 is 11.6 Å². The molecule has 0 spiro atoms. The van der Waals surface area contributed by atoms with E-state index in [9.17, 15) is 19.5 Å². The molecule has 206 valence electrons. The Kier molecular flexibility index (Phi) is 6.91. The molecular formula is C29H29ClN6O4. The van der Waals surface area contributed by atoms with Gasteiger partial charge >= 0.3 is 0 Å². The van der Waals surface area contributed by atoms with Crippen LogP contribution in [0.4, 0.5) is 5.69 Å². The highest BCUT2D eigenvalue weighted by Crippen LogP contribution is 2.31. The lowest BCUT2D eigenvalue weighted by Crippen LogP contribution is -2.35. The molecule has 0 radical (unpaired) electrons. The van der Waals surface area contributed by atoms with Gasteiger partial charge in [0.25, 0.3) is 17.4 Å². The number of nitrogens with one attached hydrogen (secondary N) is 3. The number of aliphatic hydroxyl groups excluding tert-OH is 1. The molecule has 2 unspecified atom stereocenters. The van der Waals surface area contributed by atoms with Gasteiger partial charge in [-0.15, -0.1) is 0 Å². The van der Waals surface area contributed by atoms with Gasteiger partial charge in [0.1, 0.15) is 11.4 Å². The van der Waals surface area contributed by atoms with E-state index in [2.05, 4.69) is 32.2 Å². The maximum absolute atomic E-state index is 13.2. The van der Waals surface area contributed by atoms with E-state index in [1.165, 1.54) is 11.1 Å². The first kappa shape index (κ1) is 26.2. The van der Waals surface area contributed by atoms with Gasteiger partial charge in [-0.2, -0.15) is 0 Å². The van der Waals surface area contributed by atoms with Crippen molar-refractivity contribution in [2.45, 2.75) is 31.4 Å². The van der Waals surface area contributed by atoms with E-state index in [1.54, 1.807) is 42.5 Å². The second-order valence-corrected chi connectivity index (χ2v) is 10.8. The first-order valence-corrected chi connectivity index (χ1v) is 13.7. The van der Waals surface area contributed by atoms with E-state index in [-0.39, 0.29) is 35.3 Å². The van der Waals surface area contributed by atoms with Crippen molar-refractivity contribution >= 4 is 40.1 Å². The average molecular weight is 561 g/mol. The maximum Gasteiger partial charge on any atom is 0.261 e. The van der Waals surface area contributed by atoms with E-state index in [0.29, 0.717) is 51.0 Å². The third-order valence-corrected chi connectivity index (χ3v) is 8.08. The average Bonchev–Trinajstić information content (AvgIpc) is 3.61. The summed E-state index contributed by atoms with van der Waals surface area (Å²) in [5.74, 6) is -0.350. The minimum absolute atomic E-state index is 0.126. The molecule has 0 aliphatic carbocycles. The summed E-state index contributed by atoms with van der Waals surface area (Å²) in [6.45, 7) is 1.54. The molecule has 4 N–H and O–H groups in total. The fourth-order valence-electron chi connectivity index (χ4n) is 5.64. The van der Waals surface area contributed by atoms with Crippen molar-refractivity contribution in [1.29, 1.82) is 0 Å². The number of anilines is 1. The number of likely N-dealkylation sites (tertiary alicyclic amines) is 1. The lowest BCUT2D eigenvalue weighted by molar-refractivity contribution is 0.0642. The molecule has 2 aromatic carbocycles. The molecule has 4 heterocycles. The highest BCUT2D eigenvalue weighted by molar-refractivity contribution is 6.30. The van der Waals surface area contributed by atoms with Crippen molar-refractivity contribution in [1.82, 2.24) is 24.8 Å². The number of carbonyl (C=O) groups excluding carboxylic acids is 2. The van der Waals surface area contributed by atoms with Gasteiger partial charge in [0.15, 0.2) is 0 Å². The summed E-state index contributed by atoms with van der Waals surface area (Å²) < 4.78 is 0. The number of aromatic amines is 2. The summed E-state index contributed by atoms with van der Waals surface area (Å²) in [6, 6.07) is 12.2. The Morgan fingerprint density at radius 2 is 1.95 bits per heavy atom. The molecule has 0 bridgehead atoms. The fraction of sp³-hybridized carbons (Fsp3) is 0.310. The van der Waals surface area contributed by atoms with Crippen molar-refractivity contribution in [3.63, 3.8) is 0 Å². The maximum atomic E-state index is 13.2. The van der Waals surface area contributed by atoms with Crippen molar-refractivity contribution in [3.05, 3.63) is 80.7 Å². The normalized spacial score (nSPS) is 18.1. The van der Waals surface area contributed by atoms with E-state index in [0.717, 1.165) is 25.8 Å². The van der Waals surface area contributed by atoms with Gasteiger partial charge in [0.2, 0.25) is 0 Å². The summed E-state index contributed by atoms with van der Waals surface area (Å²) in [6.07, 6.45) is 3.60. The van der Waals surface area contributed by atoms with Crippen molar-refractivity contribution in [3.8, 4) is 11.4 Å². The number of hydrogen-bond acceptors (Lipinski definition) is 7. The number of benzene rings is 2. The van der Waals surface area contributed by atoms with Crippen molar-refractivity contribution in [2.75, 3.05) is 32.0 Å². The monoisotopic (exact) mass is 560 g/mol. The number of hydrogen-bond donors (Lipinski definition) is 4. The zero-order chi connectivity index (χ0) is 28.0. The van der Waals surface area contributed by atoms with Crippen molar-refractivity contribution < 1.29 is 14.7 Å². The molecule has 2 aliphatic heterocycles. The number of fused-ring (bicyclic) bond motifs is 2. The van der Waals surface area contributed by atoms with E-state index in [1.807, 2.05) is 0 Å². The molecule has 2 amide bonds. The van der Waals surface area contributed by atoms with Gasteiger partial charge in [0, 0.05) is 30.4 Å². The predicted molar refractivity (Wildman–Crippen MR) is 153 cm³/mol. The molecule has 2 aromatic heterocycles. The number of pyridine rings is 1. The minimum atomic E-state index is -0.862. The standard InChI is InChI=1S/C29H29ClN6O4/c1-35-10-3-6-18(35)8-11-36-28(39)19-13-22-23(14-20(19)29(36)40)34-26(33-22)25-21(7-9-31-27(25)38)32-15-24(37)16-4-2-5-17(30)12-16/h2,4-5,7,9,12-14,18,24,37H,3,6,8,10-11,15H2,1H3,(H,33,34)(H2,31,32,38). The van der Waals surface area contributed by atoms with Crippen LogP contribution in [0.1, 0.15) is 51.6 Å². The van der Waals surface area contributed by atoms with E-state index in [4.69, 9.17) is 11.6 Å². The van der Waals surface area contributed by atoms with Gasteiger partial charge in [-0.1, -0.05) is 23.7 Å². The molecule has 2 aliphatic rings. The SMILES string of the molecule is CN1CCCC1CCN1C(=O)c2cc3nc(-c4c(NCC(O)c5cccc(Cl)c5)cc[nH]c4=O)[nH]c3cc2C1=O. The number of carbonyl (C=O) groups is 2. The Morgan fingerprint density at radius 1 is 1.15 bits per heavy atom. The predicted octanol–water partition coefficient (Wildman–Crippen LogP) is 3.80. The lowest BCUT2D eigenvalue weighted by atomic mass is 10.1. The smallest absolute Gasteiger partial charge is 0.261 e. The second kappa shape index (κ2) is 10.5. The number of halogens is 1. The first-order chi connectivity index (χ1) is 19.3. The molecule has 4 aromatic rings. The number of H-pyrrole nitrogens is 2. The molecule has 40 heavy (non-hydrogen) atoms. The Bertz CT molecular complexity index is 1630. The lowest BCUT2D eigenvalue weighted by Gasteiger charge is -2.22. The van der Waals surface area contributed by atoms with Gasteiger partial charge in [-0.05, 0) is 68.8 Å². The summed E-state index contributed by atoms with van der Waals surface area (Å²) >= 11 is 6.05. The third kappa shape index (κ3) is 4.78. The first-order valence-electron chi connectivity index (χ1n) is 13.3. The summed E-state index contributed by atoms with van der Waals surface area (Å²) in [5.41, 5.74) is 2.63. The van der Waals surface area contributed by atoms with Gasteiger partial charge < -0.3 is 25.3 Å². The minimum Gasteiger partial charge on any atom is -0.387 e. The van der Waals surface area contributed by atoms with Crippen LogP contribution in [0.5, 0.6) is 0 Å². The molecule has 1 fully saturated rings. The van der Waals surface area contributed by atoms with Gasteiger partial charge in [0.05, 0.1) is 34.0 Å². The summed E-state index contributed by atoms with van der Waals surface area (Å²) in [4.78, 5) is 53.2. The molecular weight excluding hydrogens is 532 g/mol. The molecule has 1 saturated heterocycles. The number of rotatable bonds is 8. The van der Waals surface area contributed by atoms with Crippen molar-refractivity contribution in [2.24, 2.45) is 0 Å². The quantitative estimate of drug-likeness (QED) is 0.241. The summed E-state index contributed by atoms with van der Waals surface area (Å²) in [7, 11) is 2.08. The Balaban J connectivity index is 1.25. The number of aromatic nitrogens is 3. The Hall–Kier alpha value is -3.99. The van der Waals surface area contributed by atoms with Crippen LogP contribution < -0.4 is 10.9 Å². The van der Waals surface area contributed by atoms with E-state index >= 15 is 0 Å². The number of aliphatic hydroxyl groups is 1. The molecule has 0 saturated carbocycles. The highest BCUT2D eigenvalue weighted by Gasteiger charge is 2.37.